The number of benzene rings is 1. The van der Waals surface area contributed by atoms with Crippen molar-refractivity contribution in [2.75, 3.05) is 5.32 Å². The molecule has 0 aliphatic carbocycles. The summed E-state index contributed by atoms with van der Waals surface area (Å²) >= 11 is 0. The van der Waals surface area contributed by atoms with Gasteiger partial charge in [-0.15, -0.1) is 6.42 Å². The van der Waals surface area contributed by atoms with Gasteiger partial charge in [0.05, 0.1) is 17.2 Å². The summed E-state index contributed by atoms with van der Waals surface area (Å²) in [6, 6.07) is 3.58. The summed E-state index contributed by atoms with van der Waals surface area (Å²) in [4.78, 5) is 0. The van der Waals surface area contributed by atoms with Gasteiger partial charge in [0.1, 0.15) is 5.69 Å². The third-order valence-corrected chi connectivity index (χ3v) is 1.97. The highest BCUT2D eigenvalue weighted by Crippen LogP contribution is 2.23. The molecule has 0 spiro atoms. The van der Waals surface area contributed by atoms with Crippen molar-refractivity contribution in [1.29, 1.82) is 5.26 Å². The van der Waals surface area contributed by atoms with Crippen LogP contribution in [0.3, 0.4) is 0 Å². The minimum absolute atomic E-state index is 0.0703. The molecule has 0 unspecified atom stereocenters. The van der Waals surface area contributed by atoms with Gasteiger partial charge in [-0.2, -0.15) is 5.26 Å². The number of nitrogens with zero attached hydrogens (tertiary/aromatic N) is 1. The molecule has 0 saturated carbocycles. The van der Waals surface area contributed by atoms with E-state index in [4.69, 9.17) is 11.7 Å². The van der Waals surface area contributed by atoms with E-state index in [0.717, 1.165) is 12.1 Å². The molecule has 82 valence electrons. The predicted octanol–water partition coefficient (Wildman–Crippen LogP) is 2.66. The van der Waals surface area contributed by atoms with Crippen LogP contribution in [-0.4, -0.2) is 5.54 Å². The molecule has 0 amide bonds. The fraction of sp³-hybridized carbons (Fsp3) is 0.250. The maximum Gasteiger partial charge on any atom is 0.150 e. The van der Waals surface area contributed by atoms with Gasteiger partial charge in [0.15, 0.2) is 11.6 Å². The molecule has 0 saturated heterocycles. The predicted molar refractivity (Wildman–Crippen MR) is 57.6 cm³/mol. The van der Waals surface area contributed by atoms with E-state index in [0.29, 0.717) is 0 Å². The first kappa shape index (κ1) is 12.0. The number of hydrogen-bond acceptors (Lipinski definition) is 2. The highest BCUT2D eigenvalue weighted by Gasteiger charge is 2.19. The summed E-state index contributed by atoms with van der Waals surface area (Å²) in [6.07, 6.45) is 5.20. The number of terminal acetylenes is 1. The van der Waals surface area contributed by atoms with E-state index in [2.05, 4.69) is 11.2 Å². The second-order valence-corrected chi connectivity index (χ2v) is 3.82. The van der Waals surface area contributed by atoms with E-state index in [1.807, 2.05) is 0 Å². The highest BCUT2D eigenvalue weighted by atomic mass is 19.1. The number of anilines is 1. The first-order valence-corrected chi connectivity index (χ1v) is 4.54. The van der Waals surface area contributed by atoms with Crippen LogP contribution >= 0.6 is 0 Å². The number of hydrogen-bond donors (Lipinski definition) is 1. The van der Waals surface area contributed by atoms with Crippen molar-refractivity contribution in [2.45, 2.75) is 19.4 Å². The summed E-state index contributed by atoms with van der Waals surface area (Å²) in [5.74, 6) is 0.696. The zero-order valence-corrected chi connectivity index (χ0v) is 8.94. The van der Waals surface area contributed by atoms with Crippen molar-refractivity contribution in [3.05, 3.63) is 29.3 Å². The summed E-state index contributed by atoms with van der Waals surface area (Å²) in [5, 5.41) is 11.1. The van der Waals surface area contributed by atoms with Gasteiger partial charge in [0.25, 0.3) is 0 Å². The molecule has 4 heteroatoms. The van der Waals surface area contributed by atoms with Crippen molar-refractivity contribution < 1.29 is 8.78 Å². The SMILES string of the molecule is C#CC(C)(C)Nc1c(F)cc(C#N)cc1F. The van der Waals surface area contributed by atoms with E-state index >= 15 is 0 Å². The Balaban J connectivity index is 3.18. The summed E-state index contributed by atoms with van der Waals surface area (Å²) in [5.41, 5.74) is -1.25. The van der Waals surface area contributed by atoms with Crippen LogP contribution in [-0.2, 0) is 0 Å². The molecule has 0 atom stereocenters. The van der Waals surface area contributed by atoms with Crippen molar-refractivity contribution >= 4 is 5.69 Å². The Hall–Kier alpha value is -2.07. The van der Waals surface area contributed by atoms with Gasteiger partial charge in [0.2, 0.25) is 0 Å². The first-order chi connectivity index (χ1) is 7.39. The standard InChI is InChI=1S/C12H10F2N2/c1-4-12(2,3)16-11-9(13)5-8(7-15)6-10(11)14/h1,5-6,16H,2-3H3. The fourth-order valence-electron chi connectivity index (χ4n) is 1.11. The molecule has 0 aliphatic heterocycles. The van der Waals surface area contributed by atoms with Crippen LogP contribution in [0.2, 0.25) is 0 Å². The van der Waals surface area contributed by atoms with Crippen LogP contribution in [0.5, 0.6) is 0 Å². The van der Waals surface area contributed by atoms with Crippen LogP contribution in [0, 0.1) is 35.3 Å². The van der Waals surface area contributed by atoms with Gasteiger partial charge < -0.3 is 5.32 Å². The minimum Gasteiger partial charge on any atom is -0.365 e. The Morgan fingerprint density at radius 1 is 1.31 bits per heavy atom. The third-order valence-electron chi connectivity index (χ3n) is 1.97. The molecular formula is C12H10F2N2. The lowest BCUT2D eigenvalue weighted by atomic mass is 10.1. The zero-order chi connectivity index (χ0) is 12.3. The van der Waals surface area contributed by atoms with Crippen LogP contribution < -0.4 is 5.32 Å². The Morgan fingerprint density at radius 2 is 1.81 bits per heavy atom. The van der Waals surface area contributed by atoms with Crippen LogP contribution in [0.15, 0.2) is 12.1 Å². The highest BCUT2D eigenvalue weighted by molar-refractivity contribution is 5.53. The molecule has 1 aromatic carbocycles. The third kappa shape index (κ3) is 2.49. The average molecular weight is 220 g/mol. The maximum atomic E-state index is 13.4. The van der Waals surface area contributed by atoms with Crippen LogP contribution in [0.1, 0.15) is 19.4 Å². The van der Waals surface area contributed by atoms with Gasteiger partial charge in [-0.05, 0) is 26.0 Å². The van der Waals surface area contributed by atoms with Crippen molar-refractivity contribution in [3.8, 4) is 18.4 Å². The molecule has 0 aromatic heterocycles. The van der Waals surface area contributed by atoms with Crippen molar-refractivity contribution in [3.63, 3.8) is 0 Å². The van der Waals surface area contributed by atoms with E-state index in [1.54, 1.807) is 19.9 Å². The van der Waals surface area contributed by atoms with Gasteiger partial charge in [-0.25, -0.2) is 8.78 Å². The number of nitriles is 1. The lowest BCUT2D eigenvalue weighted by Crippen LogP contribution is -2.29. The fourth-order valence-corrected chi connectivity index (χ4v) is 1.11. The number of halogens is 2. The minimum atomic E-state index is -0.865. The van der Waals surface area contributed by atoms with Crippen molar-refractivity contribution in [1.82, 2.24) is 0 Å². The summed E-state index contributed by atoms with van der Waals surface area (Å²) in [7, 11) is 0. The van der Waals surface area contributed by atoms with E-state index < -0.39 is 17.2 Å². The molecule has 16 heavy (non-hydrogen) atoms. The zero-order valence-electron chi connectivity index (χ0n) is 8.94. The molecule has 1 aromatic rings. The second-order valence-electron chi connectivity index (χ2n) is 3.82. The monoisotopic (exact) mass is 220 g/mol. The largest absolute Gasteiger partial charge is 0.365 e. The Kier molecular flexibility index (Phi) is 3.15. The van der Waals surface area contributed by atoms with E-state index in [9.17, 15) is 8.78 Å². The quantitative estimate of drug-likeness (QED) is 0.778. The Morgan fingerprint density at radius 3 is 2.19 bits per heavy atom. The Bertz CT molecular complexity index is 470. The lowest BCUT2D eigenvalue weighted by molar-refractivity contribution is 0.577. The smallest absolute Gasteiger partial charge is 0.150 e. The van der Waals surface area contributed by atoms with E-state index in [1.165, 1.54) is 0 Å². The summed E-state index contributed by atoms with van der Waals surface area (Å²) < 4.78 is 26.9. The molecule has 1 rings (SSSR count). The lowest BCUT2D eigenvalue weighted by Gasteiger charge is -2.21. The molecular weight excluding hydrogens is 210 g/mol. The summed E-state index contributed by atoms with van der Waals surface area (Å²) in [6.45, 7) is 3.23. The molecule has 2 nitrogen and oxygen atoms in total. The maximum absolute atomic E-state index is 13.4. The van der Waals surface area contributed by atoms with Gasteiger partial charge in [0, 0.05) is 0 Å². The topological polar surface area (TPSA) is 35.8 Å². The molecule has 0 radical (unpaired) electrons. The van der Waals surface area contributed by atoms with E-state index in [-0.39, 0.29) is 11.3 Å². The van der Waals surface area contributed by atoms with Gasteiger partial charge in [-0.3, -0.25) is 0 Å². The molecule has 0 bridgehead atoms. The molecule has 0 aliphatic rings. The normalized spacial score (nSPS) is 10.4. The molecule has 1 N–H and O–H groups in total. The van der Waals surface area contributed by atoms with Crippen LogP contribution in [0.25, 0.3) is 0 Å². The second kappa shape index (κ2) is 4.20. The average Bonchev–Trinajstić information content (AvgIpc) is 2.23. The van der Waals surface area contributed by atoms with Crippen molar-refractivity contribution in [2.24, 2.45) is 0 Å². The molecule has 0 fully saturated rings. The molecule has 0 heterocycles. The van der Waals surface area contributed by atoms with Gasteiger partial charge in [-0.1, -0.05) is 5.92 Å². The number of rotatable bonds is 2. The number of nitrogens with one attached hydrogen (secondary N) is 1. The Labute approximate surface area is 92.9 Å². The van der Waals surface area contributed by atoms with Gasteiger partial charge >= 0.3 is 0 Å². The van der Waals surface area contributed by atoms with Crippen LogP contribution in [0.4, 0.5) is 14.5 Å². The first-order valence-electron chi connectivity index (χ1n) is 4.54.